The molecule has 3 heteroatoms. The van der Waals surface area contributed by atoms with Crippen LogP contribution in [0.5, 0.6) is 11.6 Å². The van der Waals surface area contributed by atoms with Crippen molar-refractivity contribution in [3.63, 3.8) is 0 Å². The van der Waals surface area contributed by atoms with Gasteiger partial charge in [0.1, 0.15) is 12.4 Å². The van der Waals surface area contributed by atoms with E-state index in [4.69, 9.17) is 4.74 Å². The number of phenolic OH excluding ortho intramolecular Hbond substituents is 1. The lowest BCUT2D eigenvalue weighted by molar-refractivity contribution is 0.292. The van der Waals surface area contributed by atoms with Crippen molar-refractivity contribution in [2.45, 2.75) is 59.0 Å². The lowest BCUT2D eigenvalue weighted by Gasteiger charge is -2.28. The Hall–Kier alpha value is -2.03. The zero-order valence-electron chi connectivity index (χ0n) is 14.9. The highest BCUT2D eigenvalue weighted by Crippen LogP contribution is 2.39. The summed E-state index contributed by atoms with van der Waals surface area (Å²) in [4.78, 5) is 4.06. The summed E-state index contributed by atoms with van der Waals surface area (Å²) < 4.78 is 5.74. The van der Waals surface area contributed by atoms with E-state index >= 15 is 0 Å². The number of pyridine rings is 1. The monoisotopic (exact) mass is 312 g/mol. The molecule has 0 spiro atoms. The molecule has 0 bridgehead atoms. The third kappa shape index (κ3) is 4.25. The molecule has 123 valence electrons. The number of aromatic nitrogens is 1. The molecule has 1 N–H and O–H groups in total. The van der Waals surface area contributed by atoms with Crippen LogP contribution in [0.3, 0.4) is 0 Å². The predicted octanol–water partition coefficient (Wildman–Crippen LogP) is 4.76. The van der Waals surface area contributed by atoms with Gasteiger partial charge in [0.05, 0.1) is 6.20 Å². The van der Waals surface area contributed by atoms with Gasteiger partial charge in [-0.3, -0.25) is 0 Å². The van der Waals surface area contributed by atoms with Gasteiger partial charge in [0, 0.05) is 6.07 Å². The Labute approximate surface area is 139 Å². The molecular weight excluding hydrogens is 286 g/mol. The van der Waals surface area contributed by atoms with Crippen molar-refractivity contribution in [2.75, 3.05) is 0 Å². The molecule has 0 unspecified atom stereocenters. The first-order valence-corrected chi connectivity index (χ1v) is 7.92. The van der Waals surface area contributed by atoms with E-state index in [-0.39, 0.29) is 10.8 Å². The van der Waals surface area contributed by atoms with Gasteiger partial charge in [0.25, 0.3) is 0 Å². The standard InChI is InChI=1S/C20H26NO2/c1-19(2,3)15-11-14(12-16(18(15)22)20(4,5)6)13-23-17-9-7-8-10-21-17/h7-9,11-12,22H,13H2,1-6H3. The third-order valence-corrected chi connectivity index (χ3v) is 3.76. The molecule has 1 aromatic carbocycles. The molecule has 1 heterocycles. The molecule has 0 saturated heterocycles. The highest BCUT2D eigenvalue weighted by Gasteiger charge is 2.26. The summed E-state index contributed by atoms with van der Waals surface area (Å²) in [6, 6.07) is 9.45. The largest absolute Gasteiger partial charge is 0.507 e. The summed E-state index contributed by atoms with van der Waals surface area (Å²) in [6.07, 6.45) is 2.76. The van der Waals surface area contributed by atoms with Crippen LogP contribution in [-0.2, 0) is 17.4 Å². The number of ether oxygens (including phenoxy) is 1. The van der Waals surface area contributed by atoms with Gasteiger partial charge in [-0.2, -0.15) is 0 Å². The highest BCUT2D eigenvalue weighted by molar-refractivity contribution is 5.49. The second-order valence-corrected chi connectivity index (χ2v) is 7.93. The second-order valence-electron chi connectivity index (χ2n) is 7.93. The van der Waals surface area contributed by atoms with E-state index in [0.717, 1.165) is 16.7 Å². The smallest absolute Gasteiger partial charge is 0.214 e. The molecular formula is C20H26NO2. The normalized spacial score (nSPS) is 12.3. The Morgan fingerprint density at radius 2 is 1.61 bits per heavy atom. The van der Waals surface area contributed by atoms with E-state index in [0.29, 0.717) is 18.2 Å². The van der Waals surface area contributed by atoms with Gasteiger partial charge in [0.2, 0.25) is 5.88 Å². The fourth-order valence-electron chi connectivity index (χ4n) is 2.47. The van der Waals surface area contributed by atoms with E-state index < -0.39 is 0 Å². The van der Waals surface area contributed by atoms with Crippen LogP contribution in [0, 0.1) is 6.20 Å². The molecule has 2 rings (SSSR count). The van der Waals surface area contributed by atoms with E-state index in [2.05, 4.69) is 52.7 Å². The molecule has 0 aliphatic heterocycles. The van der Waals surface area contributed by atoms with Crippen LogP contribution in [0.25, 0.3) is 0 Å². The van der Waals surface area contributed by atoms with Crippen LogP contribution >= 0.6 is 0 Å². The summed E-state index contributed by atoms with van der Waals surface area (Å²) in [5.41, 5.74) is 2.63. The van der Waals surface area contributed by atoms with Crippen LogP contribution in [0.2, 0.25) is 0 Å². The SMILES string of the molecule is CC(C)(C)c1cc(COc2ccc[c]n2)cc(C(C)(C)C)c1O. The first kappa shape index (κ1) is 17.3. The Balaban J connectivity index is 2.40. The zero-order chi connectivity index (χ0) is 17.3. The minimum atomic E-state index is -0.140. The first-order valence-electron chi connectivity index (χ1n) is 7.92. The molecule has 0 atom stereocenters. The maximum atomic E-state index is 10.7. The summed E-state index contributed by atoms with van der Waals surface area (Å²) in [6.45, 7) is 13.0. The number of phenols is 1. The van der Waals surface area contributed by atoms with Gasteiger partial charge in [0.15, 0.2) is 0 Å². The molecule has 0 amide bonds. The maximum Gasteiger partial charge on any atom is 0.214 e. The second kappa shape index (κ2) is 6.23. The molecule has 23 heavy (non-hydrogen) atoms. The van der Waals surface area contributed by atoms with E-state index in [1.807, 2.05) is 24.3 Å². The average Bonchev–Trinajstić information content (AvgIpc) is 2.44. The van der Waals surface area contributed by atoms with Crippen LogP contribution in [0.15, 0.2) is 30.3 Å². The van der Waals surface area contributed by atoms with Crippen molar-refractivity contribution in [1.29, 1.82) is 0 Å². The minimum Gasteiger partial charge on any atom is -0.507 e. The number of benzene rings is 1. The Morgan fingerprint density at radius 3 is 2.04 bits per heavy atom. The molecule has 0 saturated carbocycles. The minimum absolute atomic E-state index is 0.140. The molecule has 0 aliphatic rings. The van der Waals surface area contributed by atoms with Crippen LogP contribution in [0.1, 0.15) is 58.2 Å². The van der Waals surface area contributed by atoms with Crippen LogP contribution in [0.4, 0.5) is 0 Å². The van der Waals surface area contributed by atoms with E-state index in [1.165, 1.54) is 0 Å². The Bertz CT molecular complexity index is 629. The number of hydrogen-bond donors (Lipinski definition) is 1. The summed E-state index contributed by atoms with van der Waals surface area (Å²) in [5.74, 6) is 0.940. The van der Waals surface area contributed by atoms with Gasteiger partial charge in [-0.15, -0.1) is 0 Å². The van der Waals surface area contributed by atoms with Crippen molar-refractivity contribution in [3.05, 3.63) is 53.2 Å². The first-order chi connectivity index (χ1) is 10.6. The molecule has 0 aliphatic carbocycles. The molecule has 2 aromatic rings. The lowest BCUT2D eigenvalue weighted by atomic mass is 9.78. The molecule has 3 nitrogen and oxygen atoms in total. The van der Waals surface area contributed by atoms with Crippen molar-refractivity contribution >= 4 is 0 Å². The molecule has 0 fully saturated rings. The maximum absolute atomic E-state index is 10.7. The molecule has 1 radical (unpaired) electrons. The number of nitrogens with zero attached hydrogens (tertiary/aromatic N) is 1. The topological polar surface area (TPSA) is 42.4 Å². The number of rotatable bonds is 3. The number of aromatic hydroxyl groups is 1. The van der Waals surface area contributed by atoms with Crippen molar-refractivity contribution in [3.8, 4) is 11.6 Å². The Kier molecular flexibility index (Phi) is 4.69. The van der Waals surface area contributed by atoms with Crippen molar-refractivity contribution in [1.82, 2.24) is 4.98 Å². The quantitative estimate of drug-likeness (QED) is 0.888. The van der Waals surface area contributed by atoms with Gasteiger partial charge < -0.3 is 9.84 Å². The predicted molar refractivity (Wildman–Crippen MR) is 92.9 cm³/mol. The van der Waals surface area contributed by atoms with Gasteiger partial charge >= 0.3 is 0 Å². The van der Waals surface area contributed by atoms with Gasteiger partial charge in [-0.25, -0.2) is 4.98 Å². The zero-order valence-corrected chi connectivity index (χ0v) is 14.9. The van der Waals surface area contributed by atoms with Gasteiger partial charge in [-0.05, 0) is 45.7 Å². The van der Waals surface area contributed by atoms with Crippen LogP contribution in [-0.4, -0.2) is 10.1 Å². The summed E-state index contributed by atoms with van der Waals surface area (Å²) in [5, 5.41) is 10.7. The van der Waals surface area contributed by atoms with Gasteiger partial charge in [-0.1, -0.05) is 47.6 Å². The molecule has 1 aromatic heterocycles. The fourth-order valence-corrected chi connectivity index (χ4v) is 2.47. The van der Waals surface area contributed by atoms with Crippen molar-refractivity contribution < 1.29 is 9.84 Å². The van der Waals surface area contributed by atoms with E-state index in [9.17, 15) is 5.11 Å². The summed E-state index contributed by atoms with van der Waals surface area (Å²) in [7, 11) is 0. The average molecular weight is 312 g/mol. The third-order valence-electron chi connectivity index (χ3n) is 3.76. The van der Waals surface area contributed by atoms with Crippen molar-refractivity contribution in [2.24, 2.45) is 0 Å². The number of hydrogen-bond acceptors (Lipinski definition) is 3. The lowest BCUT2D eigenvalue weighted by Crippen LogP contribution is -2.18. The van der Waals surface area contributed by atoms with E-state index in [1.54, 1.807) is 6.07 Å². The highest BCUT2D eigenvalue weighted by atomic mass is 16.5. The fraction of sp³-hybridized carbons (Fsp3) is 0.450. The van der Waals surface area contributed by atoms with Crippen LogP contribution < -0.4 is 4.74 Å². The Morgan fingerprint density at radius 1 is 1.04 bits per heavy atom. The summed E-state index contributed by atoms with van der Waals surface area (Å²) >= 11 is 0.